The van der Waals surface area contributed by atoms with Crippen molar-refractivity contribution in [2.45, 2.75) is 38.0 Å². The molecular weight excluding hydrogens is 298 g/mol. The van der Waals surface area contributed by atoms with Crippen molar-refractivity contribution in [3.8, 4) is 5.75 Å². The molecule has 1 fully saturated rings. The molecule has 0 amide bonds. The first-order valence-corrected chi connectivity index (χ1v) is 8.25. The Labute approximate surface area is 133 Å². The molecule has 116 valence electrons. The number of carboxylic acid groups (broad SMARTS) is 1. The normalized spacial score (nSPS) is 16.6. The zero-order valence-corrected chi connectivity index (χ0v) is 13.6. The Morgan fingerprint density at radius 2 is 2.00 bits per heavy atom. The molecule has 1 aromatic heterocycles. The van der Waals surface area contributed by atoms with E-state index >= 15 is 0 Å². The molecule has 0 bridgehead atoms. The fourth-order valence-corrected chi connectivity index (χ4v) is 4.58. The van der Waals surface area contributed by atoms with Gasteiger partial charge in [0.05, 0.1) is 18.2 Å². The number of aromatic carboxylic acids is 1. The van der Waals surface area contributed by atoms with Crippen LogP contribution in [0.2, 0.25) is 0 Å². The third-order valence-corrected chi connectivity index (χ3v) is 5.83. The number of thiazole rings is 1. The molecule has 4 nitrogen and oxygen atoms in total. The summed E-state index contributed by atoms with van der Waals surface area (Å²) in [6.45, 7) is 1.77. The van der Waals surface area contributed by atoms with Crippen LogP contribution >= 0.6 is 11.3 Å². The number of aryl methyl sites for hydroxylation is 1. The van der Waals surface area contributed by atoms with E-state index in [1.54, 1.807) is 14.0 Å². The lowest BCUT2D eigenvalue weighted by Crippen LogP contribution is -2.24. The summed E-state index contributed by atoms with van der Waals surface area (Å²) in [5.41, 5.74) is 1.52. The fourth-order valence-electron chi connectivity index (χ4n) is 3.42. The Balaban J connectivity index is 2.17. The fraction of sp³-hybridized carbons (Fsp3) is 0.412. The number of nitrogens with zero attached hydrogens (tertiary/aromatic N) is 1. The lowest BCUT2D eigenvalue weighted by atomic mass is 9.79. The van der Waals surface area contributed by atoms with Gasteiger partial charge in [-0.2, -0.15) is 0 Å². The summed E-state index contributed by atoms with van der Waals surface area (Å²) < 4.78 is 5.55. The van der Waals surface area contributed by atoms with Gasteiger partial charge in [-0.1, -0.05) is 31.0 Å². The van der Waals surface area contributed by atoms with E-state index in [2.05, 4.69) is 11.1 Å². The molecule has 1 heterocycles. The molecule has 1 aromatic carbocycles. The van der Waals surface area contributed by atoms with Crippen LogP contribution in [-0.4, -0.2) is 23.2 Å². The van der Waals surface area contributed by atoms with Crippen LogP contribution in [-0.2, 0) is 5.41 Å². The SMILES string of the molecule is COc1ccccc1C1(c2nc(C)c(C(=O)O)s2)CCCC1. The first kappa shape index (κ1) is 15.0. The molecule has 1 N–H and O–H groups in total. The third kappa shape index (κ3) is 2.29. The van der Waals surface area contributed by atoms with Crippen molar-refractivity contribution in [3.63, 3.8) is 0 Å². The van der Waals surface area contributed by atoms with Crippen LogP contribution in [0.25, 0.3) is 0 Å². The molecule has 0 atom stereocenters. The number of ether oxygens (including phenoxy) is 1. The second kappa shape index (κ2) is 5.72. The molecule has 0 spiro atoms. The van der Waals surface area contributed by atoms with Crippen molar-refractivity contribution in [1.82, 2.24) is 4.98 Å². The largest absolute Gasteiger partial charge is 0.496 e. The lowest BCUT2D eigenvalue weighted by molar-refractivity contribution is 0.0701. The van der Waals surface area contributed by atoms with Gasteiger partial charge in [-0.15, -0.1) is 11.3 Å². The Hall–Kier alpha value is -1.88. The molecule has 1 saturated carbocycles. The minimum Gasteiger partial charge on any atom is -0.496 e. The van der Waals surface area contributed by atoms with Crippen molar-refractivity contribution in [3.05, 3.63) is 45.4 Å². The molecule has 0 unspecified atom stereocenters. The number of hydrogen-bond donors (Lipinski definition) is 1. The van der Waals surface area contributed by atoms with Crippen LogP contribution in [0.4, 0.5) is 0 Å². The third-order valence-electron chi connectivity index (χ3n) is 4.48. The van der Waals surface area contributed by atoms with E-state index < -0.39 is 5.97 Å². The highest BCUT2D eigenvalue weighted by molar-refractivity contribution is 7.13. The van der Waals surface area contributed by atoms with E-state index in [0.29, 0.717) is 10.6 Å². The van der Waals surface area contributed by atoms with Crippen LogP contribution in [0.1, 0.15) is 51.6 Å². The zero-order valence-electron chi connectivity index (χ0n) is 12.8. The average molecular weight is 317 g/mol. The Morgan fingerprint density at radius 3 is 2.59 bits per heavy atom. The number of aromatic nitrogens is 1. The van der Waals surface area contributed by atoms with Crippen LogP contribution < -0.4 is 4.74 Å². The lowest BCUT2D eigenvalue weighted by Gasteiger charge is -2.29. The van der Waals surface area contributed by atoms with Gasteiger partial charge in [-0.3, -0.25) is 0 Å². The van der Waals surface area contributed by atoms with Gasteiger partial charge in [-0.05, 0) is 25.8 Å². The van der Waals surface area contributed by atoms with Crippen molar-refractivity contribution in [2.75, 3.05) is 7.11 Å². The highest BCUT2D eigenvalue weighted by atomic mass is 32.1. The zero-order chi connectivity index (χ0) is 15.7. The summed E-state index contributed by atoms with van der Waals surface area (Å²) in [5.74, 6) is -0.0384. The van der Waals surface area contributed by atoms with E-state index in [0.717, 1.165) is 42.0 Å². The van der Waals surface area contributed by atoms with Crippen LogP contribution in [0.5, 0.6) is 5.75 Å². The van der Waals surface area contributed by atoms with Crippen LogP contribution in [0.3, 0.4) is 0 Å². The van der Waals surface area contributed by atoms with Crippen LogP contribution in [0, 0.1) is 6.92 Å². The van der Waals surface area contributed by atoms with Crippen molar-refractivity contribution < 1.29 is 14.6 Å². The van der Waals surface area contributed by atoms with E-state index in [4.69, 9.17) is 4.74 Å². The summed E-state index contributed by atoms with van der Waals surface area (Å²) in [5, 5.41) is 10.2. The smallest absolute Gasteiger partial charge is 0.347 e. The van der Waals surface area contributed by atoms with Crippen molar-refractivity contribution >= 4 is 17.3 Å². The van der Waals surface area contributed by atoms with Gasteiger partial charge in [-0.25, -0.2) is 9.78 Å². The molecule has 1 aliphatic rings. The molecule has 2 aromatic rings. The van der Waals surface area contributed by atoms with Crippen molar-refractivity contribution in [2.24, 2.45) is 0 Å². The molecule has 22 heavy (non-hydrogen) atoms. The Bertz CT molecular complexity index is 702. The first-order chi connectivity index (χ1) is 10.6. The molecule has 5 heteroatoms. The van der Waals surface area contributed by atoms with Gasteiger partial charge in [0.25, 0.3) is 0 Å². The van der Waals surface area contributed by atoms with E-state index in [1.807, 2.05) is 18.2 Å². The van der Waals surface area contributed by atoms with E-state index in [9.17, 15) is 9.90 Å². The number of carbonyl (C=O) groups is 1. The molecule has 0 radical (unpaired) electrons. The number of para-hydroxylation sites is 1. The van der Waals surface area contributed by atoms with Gasteiger partial charge in [0.2, 0.25) is 0 Å². The summed E-state index contributed by atoms with van der Waals surface area (Å²) in [7, 11) is 1.68. The number of benzene rings is 1. The Kier molecular flexibility index (Phi) is 3.91. The van der Waals surface area contributed by atoms with Crippen molar-refractivity contribution in [1.29, 1.82) is 0 Å². The standard InChI is InChI=1S/C17H19NO3S/c1-11-14(15(19)20)22-16(18-11)17(9-5-6-10-17)12-7-3-4-8-13(12)21-2/h3-4,7-8H,5-6,9-10H2,1-2H3,(H,19,20). The predicted molar refractivity (Wildman–Crippen MR) is 86.1 cm³/mol. The van der Waals surface area contributed by atoms with Gasteiger partial charge in [0, 0.05) is 5.56 Å². The summed E-state index contributed by atoms with van der Waals surface area (Å²) in [6.07, 6.45) is 4.22. The summed E-state index contributed by atoms with van der Waals surface area (Å²) in [4.78, 5) is 16.3. The number of methoxy groups -OCH3 is 1. The van der Waals surface area contributed by atoms with E-state index in [1.165, 1.54) is 11.3 Å². The maximum atomic E-state index is 11.4. The maximum absolute atomic E-state index is 11.4. The Morgan fingerprint density at radius 1 is 1.32 bits per heavy atom. The number of carboxylic acids is 1. The van der Waals surface area contributed by atoms with Crippen LogP contribution in [0.15, 0.2) is 24.3 Å². The summed E-state index contributed by atoms with van der Waals surface area (Å²) in [6, 6.07) is 8.02. The van der Waals surface area contributed by atoms with Gasteiger partial charge < -0.3 is 9.84 Å². The molecular formula is C17H19NO3S. The quantitative estimate of drug-likeness (QED) is 0.925. The summed E-state index contributed by atoms with van der Waals surface area (Å²) >= 11 is 1.31. The first-order valence-electron chi connectivity index (χ1n) is 7.43. The number of hydrogen-bond acceptors (Lipinski definition) is 4. The maximum Gasteiger partial charge on any atom is 0.347 e. The van der Waals surface area contributed by atoms with Gasteiger partial charge >= 0.3 is 5.97 Å². The van der Waals surface area contributed by atoms with Gasteiger partial charge in [0.15, 0.2) is 0 Å². The molecule has 0 aliphatic heterocycles. The molecule has 3 rings (SSSR count). The molecule has 1 aliphatic carbocycles. The number of rotatable bonds is 4. The highest BCUT2D eigenvalue weighted by Crippen LogP contribution is 2.50. The average Bonchev–Trinajstić information content (AvgIpc) is 3.14. The minimum absolute atomic E-state index is 0.213. The minimum atomic E-state index is -0.894. The second-order valence-corrected chi connectivity index (χ2v) is 6.73. The highest BCUT2D eigenvalue weighted by Gasteiger charge is 2.42. The monoisotopic (exact) mass is 317 g/mol. The van der Waals surface area contributed by atoms with Gasteiger partial charge in [0.1, 0.15) is 15.6 Å². The second-order valence-electron chi connectivity index (χ2n) is 5.73. The predicted octanol–water partition coefficient (Wildman–Crippen LogP) is 4.02. The van der Waals surface area contributed by atoms with E-state index in [-0.39, 0.29) is 5.41 Å². The topological polar surface area (TPSA) is 59.4 Å². The molecule has 0 saturated heterocycles.